The molecule has 2 saturated heterocycles. The van der Waals surface area contributed by atoms with Gasteiger partial charge >= 0.3 is 5.97 Å². The van der Waals surface area contributed by atoms with Gasteiger partial charge in [0.25, 0.3) is 11.7 Å². The smallest absolute Gasteiger partial charge is 0.329 e. The maximum atomic E-state index is 14.5. The van der Waals surface area contributed by atoms with Crippen LogP contribution in [0.5, 0.6) is 0 Å². The highest BCUT2D eigenvalue weighted by atomic mass is 16.6. The van der Waals surface area contributed by atoms with Crippen LogP contribution in [0.2, 0.25) is 0 Å². The third-order valence-electron chi connectivity index (χ3n) is 14.9. The molecule has 0 aromatic rings. The van der Waals surface area contributed by atoms with Gasteiger partial charge in [0, 0.05) is 58.5 Å². The second-order valence-corrected chi connectivity index (χ2v) is 20.2. The SMILES string of the molecule is COC1C(=O)[C@H](C)C[C@H](C)/C=C/C=C/C=C(\C)[C@@H](OC)C[C@@H]2CC[C@@H](C)[C@@](O)(O2)C(=O)C(=O)N2CCCC[C@H]2C(=O)O[C@H]([C@H](C)C[C@H]2CCC(OCCO)[C@H](OC)C2)CC(=O)[C@H](C)/C=C(\C)[C@H]1O. The molecule has 2 unspecified atom stereocenters. The van der Waals surface area contributed by atoms with Crippen LogP contribution >= 0.6 is 0 Å². The monoisotopic (exact) mass is 958 g/mol. The number of hydrogen-bond acceptors (Lipinski definition) is 14. The van der Waals surface area contributed by atoms with Crippen molar-refractivity contribution < 1.29 is 67.7 Å². The van der Waals surface area contributed by atoms with Crippen LogP contribution in [0.25, 0.3) is 0 Å². The largest absolute Gasteiger partial charge is 0.460 e. The minimum atomic E-state index is -2.43. The Balaban J connectivity index is 1.70. The number of cyclic esters (lactones) is 1. The number of nitrogens with zero attached hydrogens (tertiary/aromatic N) is 1. The average molecular weight is 958 g/mol. The van der Waals surface area contributed by atoms with Gasteiger partial charge in [-0.3, -0.25) is 19.2 Å². The Morgan fingerprint density at radius 2 is 1.59 bits per heavy atom. The van der Waals surface area contributed by atoms with Gasteiger partial charge < -0.3 is 48.6 Å². The summed E-state index contributed by atoms with van der Waals surface area (Å²) >= 11 is 0. The predicted molar refractivity (Wildman–Crippen MR) is 256 cm³/mol. The van der Waals surface area contributed by atoms with E-state index in [-0.39, 0.29) is 74.1 Å². The average Bonchev–Trinajstić information content (AvgIpc) is 3.32. The topological polar surface area (TPSA) is 205 Å². The highest BCUT2D eigenvalue weighted by molar-refractivity contribution is 6.39. The zero-order valence-corrected chi connectivity index (χ0v) is 42.4. The molecule has 1 saturated carbocycles. The molecule has 15 heteroatoms. The Labute approximate surface area is 405 Å². The van der Waals surface area contributed by atoms with E-state index in [9.17, 15) is 39.3 Å². The fourth-order valence-electron chi connectivity index (χ4n) is 10.5. The van der Waals surface area contributed by atoms with Crippen molar-refractivity contribution in [1.82, 2.24) is 4.90 Å². The van der Waals surface area contributed by atoms with E-state index in [4.69, 9.17) is 28.4 Å². The van der Waals surface area contributed by atoms with Gasteiger partial charge in [0.05, 0.1) is 37.6 Å². The zero-order chi connectivity index (χ0) is 50.3. The lowest BCUT2D eigenvalue weighted by Gasteiger charge is -2.42. The van der Waals surface area contributed by atoms with Crippen molar-refractivity contribution >= 4 is 29.2 Å². The number of aliphatic hydroxyl groups is 3. The maximum Gasteiger partial charge on any atom is 0.329 e. The molecule has 15 atom stereocenters. The first-order valence-electron chi connectivity index (χ1n) is 25.0. The Bertz CT molecular complexity index is 1810. The number of ketones is 3. The number of methoxy groups -OCH3 is 3. The molecule has 0 aromatic carbocycles. The summed E-state index contributed by atoms with van der Waals surface area (Å²) < 4.78 is 35.6. The molecule has 384 valence electrons. The number of esters is 1. The van der Waals surface area contributed by atoms with Gasteiger partial charge in [-0.25, -0.2) is 4.79 Å². The molecule has 4 rings (SSSR count). The third kappa shape index (κ3) is 15.3. The highest BCUT2D eigenvalue weighted by Crippen LogP contribution is 2.38. The fraction of sp³-hybridized carbons (Fsp3) is 0.755. The number of fused-ring (bicyclic) bond motifs is 3. The standard InChI is InChI=1S/C53H83NO14/c1-32-16-12-11-13-17-33(2)44(63-8)30-40-21-19-38(7)53(62,68-40)50(59)51(60)54-23-15-14-18-41(54)52(61)67-45(35(4)28-39-20-22-43(66-25-24-55)46(29-39)64-9)31-42(56)34(3)27-37(6)48(58)49(65-10)47(57)36(5)26-32/h11-13,16-17,27,32,34-36,38-41,43-46,48-49,55,58,62H,14-15,18-26,28-31H2,1-10H3/b13-11+,16-12+,33-17+,37-27+/t32-,34-,35-,36-,38-,39-,40+,41+,43?,44+,45+,46-,48-,49?,53-/m1/s1. The quantitative estimate of drug-likeness (QED) is 0.134. The molecule has 0 aromatic heterocycles. The number of carbonyl (C=O) groups excluding carboxylic acids is 5. The normalized spacial score (nSPS) is 39.2. The number of rotatable bonds is 9. The van der Waals surface area contributed by atoms with Gasteiger partial charge in [0.1, 0.15) is 30.1 Å². The molecule has 0 radical (unpaired) electrons. The van der Waals surface area contributed by atoms with Crippen molar-refractivity contribution in [3.05, 3.63) is 47.6 Å². The van der Waals surface area contributed by atoms with Crippen molar-refractivity contribution in [3.63, 3.8) is 0 Å². The molecular formula is C53H83NO14. The fourth-order valence-corrected chi connectivity index (χ4v) is 10.5. The lowest BCUT2D eigenvalue weighted by Crippen LogP contribution is -2.61. The zero-order valence-electron chi connectivity index (χ0n) is 42.4. The van der Waals surface area contributed by atoms with Crippen molar-refractivity contribution in [2.75, 3.05) is 41.1 Å². The number of carbonyl (C=O) groups is 5. The van der Waals surface area contributed by atoms with E-state index >= 15 is 0 Å². The maximum absolute atomic E-state index is 14.5. The Hall–Kier alpha value is -3.41. The van der Waals surface area contributed by atoms with Crippen molar-refractivity contribution in [3.8, 4) is 0 Å². The molecule has 3 heterocycles. The van der Waals surface area contributed by atoms with Gasteiger partial charge in [0.15, 0.2) is 5.78 Å². The minimum absolute atomic E-state index is 0.0158. The Morgan fingerprint density at radius 1 is 0.853 bits per heavy atom. The summed E-state index contributed by atoms with van der Waals surface area (Å²) in [4.78, 5) is 72.1. The van der Waals surface area contributed by atoms with Crippen LogP contribution in [0, 0.1) is 35.5 Å². The number of ether oxygens (including phenoxy) is 6. The van der Waals surface area contributed by atoms with E-state index in [1.165, 1.54) is 12.0 Å². The summed E-state index contributed by atoms with van der Waals surface area (Å²) in [6, 6.07) is -1.14. The summed E-state index contributed by atoms with van der Waals surface area (Å²) in [5.41, 5.74) is 1.26. The minimum Gasteiger partial charge on any atom is -0.460 e. The number of hydrogen-bond donors (Lipinski definition) is 3. The van der Waals surface area contributed by atoms with Crippen LogP contribution in [0.3, 0.4) is 0 Å². The first-order valence-corrected chi connectivity index (χ1v) is 25.0. The Kier molecular flexibility index (Phi) is 22.9. The van der Waals surface area contributed by atoms with Gasteiger partial charge in [-0.2, -0.15) is 0 Å². The molecule has 2 bridgehead atoms. The van der Waals surface area contributed by atoms with E-state index in [0.29, 0.717) is 63.4 Å². The number of aliphatic hydroxyl groups excluding tert-OH is 2. The van der Waals surface area contributed by atoms with Crippen LogP contribution in [0.4, 0.5) is 0 Å². The molecule has 3 N–H and O–H groups in total. The van der Waals surface area contributed by atoms with E-state index in [1.807, 2.05) is 58.1 Å². The van der Waals surface area contributed by atoms with Gasteiger partial charge in [-0.15, -0.1) is 0 Å². The van der Waals surface area contributed by atoms with E-state index in [1.54, 1.807) is 41.1 Å². The lowest BCUT2D eigenvalue weighted by atomic mass is 9.78. The molecule has 68 heavy (non-hydrogen) atoms. The first-order chi connectivity index (χ1) is 32.3. The third-order valence-corrected chi connectivity index (χ3v) is 14.9. The van der Waals surface area contributed by atoms with Crippen LogP contribution in [0.1, 0.15) is 126 Å². The summed E-state index contributed by atoms with van der Waals surface area (Å²) in [7, 11) is 4.58. The van der Waals surface area contributed by atoms with E-state index in [2.05, 4.69) is 0 Å². The molecule has 1 aliphatic carbocycles. The van der Waals surface area contributed by atoms with E-state index in [0.717, 1.165) is 12.0 Å². The molecule has 0 spiro atoms. The van der Waals surface area contributed by atoms with Crippen molar-refractivity contribution in [2.45, 2.75) is 180 Å². The van der Waals surface area contributed by atoms with Gasteiger partial charge in [-0.1, -0.05) is 71.1 Å². The van der Waals surface area contributed by atoms with Crippen molar-refractivity contribution in [2.24, 2.45) is 35.5 Å². The first kappa shape index (κ1) is 57.2. The lowest BCUT2D eigenvalue weighted by molar-refractivity contribution is -0.265. The number of allylic oxidation sites excluding steroid dienone is 6. The number of Topliss-reactive ketones (excluding diaryl/α,β-unsaturated/α-hetero) is 3. The second-order valence-electron chi connectivity index (χ2n) is 20.2. The highest BCUT2D eigenvalue weighted by Gasteiger charge is 2.53. The second kappa shape index (κ2) is 27.3. The van der Waals surface area contributed by atoms with E-state index < -0.39 is 77.8 Å². The van der Waals surface area contributed by atoms with Crippen LogP contribution < -0.4 is 0 Å². The molecule has 3 fully saturated rings. The molecular weight excluding hydrogens is 875 g/mol. The van der Waals surface area contributed by atoms with Gasteiger partial charge in [-0.05, 0) is 107 Å². The van der Waals surface area contributed by atoms with Crippen LogP contribution in [-0.4, -0.2) is 145 Å². The Morgan fingerprint density at radius 3 is 2.26 bits per heavy atom. The molecule has 4 aliphatic rings. The number of amides is 1. The molecule has 3 aliphatic heterocycles. The van der Waals surface area contributed by atoms with Crippen molar-refractivity contribution in [1.29, 1.82) is 0 Å². The van der Waals surface area contributed by atoms with Crippen LogP contribution in [0.15, 0.2) is 47.6 Å². The summed E-state index contributed by atoms with van der Waals surface area (Å²) in [5, 5.41) is 32.8. The summed E-state index contributed by atoms with van der Waals surface area (Å²) in [5.74, 6) is -7.96. The molecule has 15 nitrogen and oxygen atoms in total. The summed E-state index contributed by atoms with van der Waals surface area (Å²) in [6.45, 7) is 12.9. The summed E-state index contributed by atoms with van der Waals surface area (Å²) in [6.07, 6.45) is 12.0. The van der Waals surface area contributed by atoms with Gasteiger partial charge in [0.2, 0.25) is 5.79 Å². The predicted octanol–water partition coefficient (Wildman–Crippen LogP) is 6.20. The van der Waals surface area contributed by atoms with Crippen LogP contribution in [-0.2, 0) is 52.4 Å². The molecule has 1 amide bonds. The number of piperidine rings is 1.